The van der Waals surface area contributed by atoms with Crippen LogP contribution in [0.5, 0.6) is 0 Å². The van der Waals surface area contributed by atoms with Crippen molar-refractivity contribution < 1.29 is 0 Å². The van der Waals surface area contributed by atoms with Gasteiger partial charge in [-0.15, -0.1) is 0 Å². The Kier molecular flexibility index (Phi) is 4.54. The zero-order chi connectivity index (χ0) is 17.8. The Morgan fingerprint density at radius 2 is 2.15 bits per heavy atom. The average Bonchev–Trinajstić information content (AvgIpc) is 3.22. The maximum absolute atomic E-state index is 11.3. The molecule has 10 nitrogen and oxygen atoms in total. The Labute approximate surface area is 149 Å². The fourth-order valence-corrected chi connectivity index (χ4v) is 3.11. The van der Waals surface area contributed by atoms with E-state index in [1.807, 2.05) is 0 Å². The third kappa shape index (κ3) is 3.53. The van der Waals surface area contributed by atoms with Gasteiger partial charge in [-0.25, -0.2) is 19.7 Å². The number of anilines is 2. The molecule has 0 radical (unpaired) electrons. The third-order valence-electron chi connectivity index (χ3n) is 4.38. The maximum atomic E-state index is 11.3. The first-order valence-electron chi connectivity index (χ1n) is 8.53. The van der Waals surface area contributed by atoms with Crippen LogP contribution in [0.2, 0.25) is 0 Å². The van der Waals surface area contributed by atoms with Crippen LogP contribution in [-0.4, -0.2) is 54.1 Å². The molecule has 4 rings (SSSR count). The van der Waals surface area contributed by atoms with Gasteiger partial charge >= 0.3 is 0 Å². The predicted octanol–water partition coefficient (Wildman–Crippen LogP) is 0.612. The van der Waals surface area contributed by atoms with Crippen molar-refractivity contribution in [1.29, 1.82) is 0 Å². The second kappa shape index (κ2) is 7.30. The lowest BCUT2D eigenvalue weighted by Gasteiger charge is -2.36. The Balaban J connectivity index is 1.46. The second-order valence-electron chi connectivity index (χ2n) is 6.11. The van der Waals surface area contributed by atoms with Gasteiger partial charge in [-0.3, -0.25) is 9.78 Å². The van der Waals surface area contributed by atoms with E-state index in [-0.39, 0.29) is 11.6 Å². The molecule has 1 unspecified atom stereocenters. The molecule has 0 aromatic carbocycles. The number of nitrogens with one attached hydrogen (secondary N) is 2. The molecule has 2 N–H and O–H groups in total. The molecular formula is C16H19N9O. The molecule has 134 valence electrons. The first-order valence-corrected chi connectivity index (χ1v) is 8.53. The van der Waals surface area contributed by atoms with E-state index in [0.29, 0.717) is 18.2 Å². The van der Waals surface area contributed by atoms with Crippen LogP contribution in [0.15, 0.2) is 42.0 Å². The standard InChI is InChI=1S/C16H19N9O/c26-16-5-4-14(22-23-16)24-6-2-1-3-12(24)7-19-13-8-17-9-15(21-13)25-11-18-10-20-25/h4-5,8-12H,1-3,6-7H2,(H,19,21)(H,23,26). The molecule has 26 heavy (non-hydrogen) atoms. The summed E-state index contributed by atoms with van der Waals surface area (Å²) in [4.78, 5) is 26.1. The molecule has 10 heteroatoms. The van der Waals surface area contributed by atoms with Crippen LogP contribution < -0.4 is 15.8 Å². The smallest absolute Gasteiger partial charge is 0.264 e. The van der Waals surface area contributed by atoms with Crippen molar-refractivity contribution in [1.82, 2.24) is 34.9 Å². The zero-order valence-corrected chi connectivity index (χ0v) is 14.1. The lowest BCUT2D eigenvalue weighted by molar-refractivity contribution is 0.467. The molecule has 4 heterocycles. The van der Waals surface area contributed by atoms with E-state index in [4.69, 9.17) is 0 Å². The highest BCUT2D eigenvalue weighted by Gasteiger charge is 2.23. The number of piperidine rings is 1. The topological polar surface area (TPSA) is 118 Å². The van der Waals surface area contributed by atoms with Crippen molar-refractivity contribution in [2.45, 2.75) is 25.3 Å². The van der Waals surface area contributed by atoms with Crippen molar-refractivity contribution in [3.05, 3.63) is 47.5 Å². The van der Waals surface area contributed by atoms with E-state index in [9.17, 15) is 4.79 Å². The molecule has 1 fully saturated rings. The van der Waals surface area contributed by atoms with Crippen LogP contribution in [0, 0.1) is 0 Å². The Bertz CT molecular complexity index is 888. The molecule has 0 bridgehead atoms. The number of aromatic nitrogens is 7. The monoisotopic (exact) mass is 353 g/mol. The molecule has 0 spiro atoms. The zero-order valence-electron chi connectivity index (χ0n) is 14.1. The van der Waals surface area contributed by atoms with Crippen molar-refractivity contribution in [2.24, 2.45) is 0 Å². The fraction of sp³-hybridized carbons (Fsp3) is 0.375. The molecular weight excluding hydrogens is 334 g/mol. The van der Waals surface area contributed by atoms with E-state index < -0.39 is 0 Å². The quantitative estimate of drug-likeness (QED) is 0.685. The summed E-state index contributed by atoms with van der Waals surface area (Å²) in [6.45, 7) is 1.62. The van der Waals surface area contributed by atoms with Crippen molar-refractivity contribution >= 4 is 11.6 Å². The van der Waals surface area contributed by atoms with E-state index in [2.05, 4.69) is 40.5 Å². The molecule has 1 aliphatic heterocycles. The molecule has 1 saturated heterocycles. The van der Waals surface area contributed by atoms with Crippen LogP contribution in [-0.2, 0) is 0 Å². The summed E-state index contributed by atoms with van der Waals surface area (Å²) >= 11 is 0. The lowest BCUT2D eigenvalue weighted by atomic mass is 10.0. The summed E-state index contributed by atoms with van der Waals surface area (Å²) in [5.74, 6) is 2.08. The predicted molar refractivity (Wildman–Crippen MR) is 95.3 cm³/mol. The Hall–Kier alpha value is -3.30. The molecule has 1 atom stereocenters. The number of hydrogen-bond acceptors (Lipinski definition) is 8. The number of nitrogens with zero attached hydrogens (tertiary/aromatic N) is 7. The van der Waals surface area contributed by atoms with Crippen LogP contribution in [0.25, 0.3) is 5.82 Å². The largest absolute Gasteiger partial charge is 0.367 e. The molecule has 3 aromatic rings. The van der Waals surface area contributed by atoms with Gasteiger partial charge in [0.25, 0.3) is 5.56 Å². The van der Waals surface area contributed by atoms with E-state index >= 15 is 0 Å². The van der Waals surface area contributed by atoms with Crippen molar-refractivity contribution in [3.63, 3.8) is 0 Å². The van der Waals surface area contributed by atoms with Gasteiger partial charge in [-0.2, -0.15) is 10.2 Å². The summed E-state index contributed by atoms with van der Waals surface area (Å²) in [5.41, 5.74) is -0.194. The second-order valence-corrected chi connectivity index (χ2v) is 6.11. The van der Waals surface area contributed by atoms with Gasteiger partial charge in [0.15, 0.2) is 5.82 Å². The summed E-state index contributed by atoms with van der Waals surface area (Å²) in [6, 6.07) is 3.54. The molecule has 0 saturated carbocycles. The number of aromatic amines is 1. The Morgan fingerprint density at radius 3 is 2.96 bits per heavy atom. The van der Waals surface area contributed by atoms with Crippen LogP contribution >= 0.6 is 0 Å². The van der Waals surface area contributed by atoms with E-state index in [1.54, 1.807) is 29.5 Å². The maximum Gasteiger partial charge on any atom is 0.264 e. The minimum absolute atomic E-state index is 0.194. The van der Waals surface area contributed by atoms with Gasteiger partial charge < -0.3 is 10.2 Å². The highest BCUT2D eigenvalue weighted by molar-refractivity contribution is 5.41. The average molecular weight is 353 g/mol. The van der Waals surface area contributed by atoms with Crippen molar-refractivity contribution in [3.8, 4) is 5.82 Å². The summed E-state index contributed by atoms with van der Waals surface area (Å²) < 4.78 is 1.56. The lowest BCUT2D eigenvalue weighted by Crippen LogP contribution is -2.44. The van der Waals surface area contributed by atoms with Gasteiger partial charge in [0.2, 0.25) is 0 Å². The number of rotatable bonds is 5. The molecule has 0 aliphatic carbocycles. The molecule has 3 aromatic heterocycles. The van der Waals surface area contributed by atoms with Gasteiger partial charge in [0.05, 0.1) is 12.4 Å². The highest BCUT2D eigenvalue weighted by atomic mass is 16.1. The van der Waals surface area contributed by atoms with Gasteiger partial charge in [-0.1, -0.05) is 0 Å². The summed E-state index contributed by atoms with van der Waals surface area (Å²) in [5, 5.41) is 14.1. The first kappa shape index (κ1) is 16.2. The van der Waals surface area contributed by atoms with Gasteiger partial charge in [0.1, 0.15) is 24.3 Å². The van der Waals surface area contributed by atoms with Gasteiger partial charge in [-0.05, 0) is 25.3 Å². The van der Waals surface area contributed by atoms with Gasteiger partial charge in [0, 0.05) is 25.2 Å². The first-order chi connectivity index (χ1) is 12.8. The van der Waals surface area contributed by atoms with E-state index in [1.165, 1.54) is 12.4 Å². The fourth-order valence-electron chi connectivity index (χ4n) is 3.11. The third-order valence-corrected chi connectivity index (χ3v) is 4.38. The van der Waals surface area contributed by atoms with Crippen molar-refractivity contribution in [2.75, 3.05) is 23.3 Å². The minimum atomic E-state index is -0.194. The number of H-pyrrole nitrogens is 1. The van der Waals surface area contributed by atoms with Crippen LogP contribution in [0.4, 0.5) is 11.6 Å². The minimum Gasteiger partial charge on any atom is -0.367 e. The van der Waals surface area contributed by atoms with Crippen LogP contribution in [0.1, 0.15) is 19.3 Å². The number of hydrogen-bond donors (Lipinski definition) is 2. The van der Waals surface area contributed by atoms with E-state index in [0.717, 1.165) is 31.6 Å². The highest BCUT2D eigenvalue weighted by Crippen LogP contribution is 2.22. The summed E-state index contributed by atoms with van der Waals surface area (Å²) in [6.07, 6.45) is 9.68. The molecule has 1 aliphatic rings. The molecule has 0 amide bonds. The summed E-state index contributed by atoms with van der Waals surface area (Å²) in [7, 11) is 0. The normalized spacial score (nSPS) is 17.2. The van der Waals surface area contributed by atoms with Crippen LogP contribution in [0.3, 0.4) is 0 Å². The SMILES string of the molecule is O=c1ccc(N2CCCCC2CNc2cncc(-n3cncn3)n2)n[nH]1. The Morgan fingerprint density at radius 1 is 1.19 bits per heavy atom.